The molecule has 1 atom stereocenters. The lowest BCUT2D eigenvalue weighted by Crippen LogP contribution is -2.19. The number of aliphatic carboxylic acids is 1. The number of carboxylic acids is 1. The quantitative estimate of drug-likeness (QED) is 0.836. The molecule has 102 valence electrons. The number of hydrogen-bond acceptors (Lipinski definition) is 5. The molecule has 6 nitrogen and oxygen atoms in total. The zero-order valence-electron chi connectivity index (χ0n) is 11.3. The van der Waals surface area contributed by atoms with Crippen LogP contribution in [0.25, 0.3) is 0 Å². The van der Waals surface area contributed by atoms with Gasteiger partial charge in [0.1, 0.15) is 13.2 Å². The average Bonchev–Trinajstić information content (AvgIpc) is 2.63. The predicted octanol–water partition coefficient (Wildman–Crippen LogP) is 1.90. The van der Waals surface area contributed by atoms with E-state index in [0.717, 1.165) is 0 Å². The Kier molecular flexibility index (Phi) is 4.84. The van der Waals surface area contributed by atoms with Gasteiger partial charge in [0.25, 0.3) is 0 Å². The molecule has 0 saturated heterocycles. The van der Waals surface area contributed by atoms with E-state index < -0.39 is 5.97 Å². The van der Waals surface area contributed by atoms with Crippen molar-refractivity contribution in [2.24, 2.45) is 11.3 Å². The number of carbonyl (C=O) groups is 1. The first-order chi connectivity index (χ1) is 8.29. The first-order valence-electron chi connectivity index (χ1n) is 5.90. The van der Waals surface area contributed by atoms with Crippen LogP contribution in [0.2, 0.25) is 0 Å². The highest BCUT2D eigenvalue weighted by molar-refractivity contribution is 5.67. The van der Waals surface area contributed by atoms with Crippen molar-refractivity contribution in [1.29, 1.82) is 0 Å². The van der Waals surface area contributed by atoms with Crippen molar-refractivity contribution >= 4 is 5.97 Å². The van der Waals surface area contributed by atoms with Crippen molar-refractivity contribution in [2.75, 3.05) is 6.61 Å². The van der Waals surface area contributed by atoms with Gasteiger partial charge in [0.15, 0.2) is 0 Å². The van der Waals surface area contributed by atoms with Crippen LogP contribution >= 0.6 is 0 Å². The van der Waals surface area contributed by atoms with Gasteiger partial charge in [0, 0.05) is 6.42 Å². The third-order valence-electron chi connectivity index (χ3n) is 2.92. The fourth-order valence-electron chi connectivity index (χ4n) is 1.22. The predicted molar refractivity (Wildman–Crippen MR) is 63.9 cm³/mol. The Morgan fingerprint density at radius 3 is 2.56 bits per heavy atom. The van der Waals surface area contributed by atoms with Crippen molar-refractivity contribution < 1.29 is 19.1 Å². The van der Waals surface area contributed by atoms with E-state index in [4.69, 9.17) is 14.3 Å². The first-order valence-corrected chi connectivity index (χ1v) is 5.90. The van der Waals surface area contributed by atoms with Crippen LogP contribution < -0.4 is 0 Å². The van der Waals surface area contributed by atoms with Crippen LogP contribution in [0.5, 0.6) is 0 Å². The van der Waals surface area contributed by atoms with E-state index in [0.29, 0.717) is 24.1 Å². The Balaban J connectivity index is 2.46. The molecule has 0 aliphatic heterocycles. The van der Waals surface area contributed by atoms with E-state index in [1.165, 1.54) is 0 Å². The normalized spacial score (nSPS) is 13.6. The summed E-state index contributed by atoms with van der Waals surface area (Å²) in [4.78, 5) is 10.3. The Morgan fingerprint density at radius 2 is 2.00 bits per heavy atom. The summed E-state index contributed by atoms with van der Waals surface area (Å²) in [6, 6.07) is 0. The third-order valence-corrected chi connectivity index (χ3v) is 2.92. The van der Waals surface area contributed by atoms with Gasteiger partial charge < -0.3 is 14.3 Å². The third kappa shape index (κ3) is 4.83. The maximum Gasteiger partial charge on any atom is 0.329 e. The Labute approximate surface area is 106 Å². The average molecular weight is 256 g/mol. The summed E-state index contributed by atoms with van der Waals surface area (Å²) < 4.78 is 10.3. The topological polar surface area (TPSA) is 85.5 Å². The van der Waals surface area contributed by atoms with Crippen molar-refractivity contribution in [2.45, 2.75) is 40.7 Å². The van der Waals surface area contributed by atoms with E-state index in [1.807, 2.05) is 0 Å². The van der Waals surface area contributed by atoms with Crippen LogP contribution in [0.3, 0.4) is 0 Å². The smallest absolute Gasteiger partial charge is 0.329 e. The zero-order valence-corrected chi connectivity index (χ0v) is 11.3. The molecule has 0 aliphatic rings. The highest BCUT2D eigenvalue weighted by Crippen LogP contribution is 2.28. The Bertz CT molecular complexity index is 395. The summed E-state index contributed by atoms with van der Waals surface area (Å²) >= 11 is 0. The minimum absolute atomic E-state index is 0.0310. The Hall–Kier alpha value is -1.43. The molecular formula is C12H20N2O4. The van der Waals surface area contributed by atoms with E-state index in [9.17, 15) is 4.79 Å². The maximum atomic E-state index is 10.3. The molecule has 18 heavy (non-hydrogen) atoms. The Morgan fingerprint density at radius 1 is 1.39 bits per heavy atom. The second-order valence-corrected chi connectivity index (χ2v) is 5.45. The van der Waals surface area contributed by atoms with Crippen molar-refractivity contribution in [3.05, 3.63) is 11.8 Å². The van der Waals surface area contributed by atoms with Crippen molar-refractivity contribution in [1.82, 2.24) is 10.2 Å². The number of rotatable bonds is 6. The van der Waals surface area contributed by atoms with E-state index in [1.54, 1.807) is 0 Å². The highest BCUT2D eigenvalue weighted by Gasteiger charge is 2.22. The molecule has 0 amide bonds. The molecule has 0 saturated carbocycles. The minimum atomic E-state index is -1.02. The molecule has 1 aromatic rings. The van der Waals surface area contributed by atoms with Gasteiger partial charge in [-0.25, -0.2) is 4.79 Å². The summed E-state index contributed by atoms with van der Waals surface area (Å²) in [5.41, 5.74) is 0.175. The number of carboxylic acid groups (broad SMARTS) is 1. The molecule has 1 rings (SSSR count). The highest BCUT2D eigenvalue weighted by atomic mass is 16.5. The summed E-state index contributed by atoms with van der Waals surface area (Å²) in [6.45, 7) is 8.27. The fraction of sp³-hybridized carbons (Fsp3) is 0.750. The van der Waals surface area contributed by atoms with Gasteiger partial charge in [-0.1, -0.05) is 27.7 Å². The van der Waals surface area contributed by atoms with Crippen LogP contribution in [0, 0.1) is 11.3 Å². The zero-order chi connectivity index (χ0) is 13.8. The van der Waals surface area contributed by atoms with E-state index >= 15 is 0 Å². The molecule has 0 fully saturated rings. The molecule has 1 aromatic heterocycles. The molecule has 0 spiro atoms. The molecule has 0 aromatic carbocycles. The van der Waals surface area contributed by atoms with Gasteiger partial charge in [-0.2, -0.15) is 0 Å². The summed E-state index contributed by atoms with van der Waals surface area (Å²) in [6.07, 6.45) is 0.704. The molecule has 0 radical (unpaired) electrons. The van der Waals surface area contributed by atoms with Crippen LogP contribution in [0.4, 0.5) is 0 Å². The van der Waals surface area contributed by atoms with Gasteiger partial charge >= 0.3 is 5.97 Å². The second-order valence-electron chi connectivity index (χ2n) is 5.45. The molecule has 1 N–H and O–H groups in total. The monoisotopic (exact) mass is 256 g/mol. The van der Waals surface area contributed by atoms with Gasteiger partial charge in [-0.3, -0.25) is 0 Å². The lowest BCUT2D eigenvalue weighted by Gasteiger charge is -2.25. The molecular weight excluding hydrogens is 236 g/mol. The van der Waals surface area contributed by atoms with Crippen LogP contribution in [-0.4, -0.2) is 27.9 Å². The SMILES string of the molecule is CC(Cc1nnc(COCC(=O)O)o1)C(C)(C)C. The van der Waals surface area contributed by atoms with Gasteiger partial charge in [0.2, 0.25) is 11.8 Å². The molecule has 1 unspecified atom stereocenters. The van der Waals surface area contributed by atoms with Crippen LogP contribution in [0.15, 0.2) is 4.42 Å². The number of aromatic nitrogens is 2. The summed E-state index contributed by atoms with van der Waals surface area (Å²) in [5, 5.41) is 16.2. The van der Waals surface area contributed by atoms with Crippen molar-refractivity contribution in [3.63, 3.8) is 0 Å². The molecule has 0 aliphatic carbocycles. The van der Waals surface area contributed by atoms with Crippen LogP contribution in [-0.2, 0) is 22.6 Å². The number of hydrogen-bond donors (Lipinski definition) is 1. The van der Waals surface area contributed by atoms with Crippen molar-refractivity contribution in [3.8, 4) is 0 Å². The van der Waals surface area contributed by atoms with Gasteiger partial charge in [-0.15, -0.1) is 10.2 Å². The van der Waals surface area contributed by atoms with Gasteiger partial charge in [-0.05, 0) is 11.3 Å². The first kappa shape index (κ1) is 14.6. The largest absolute Gasteiger partial charge is 0.480 e. The van der Waals surface area contributed by atoms with E-state index in [2.05, 4.69) is 37.9 Å². The lowest BCUT2D eigenvalue weighted by atomic mass is 9.80. The fourth-order valence-corrected chi connectivity index (χ4v) is 1.22. The lowest BCUT2D eigenvalue weighted by molar-refractivity contribution is -0.142. The molecule has 6 heteroatoms. The van der Waals surface area contributed by atoms with Gasteiger partial charge in [0.05, 0.1) is 0 Å². The number of ether oxygens (including phenoxy) is 1. The number of nitrogens with zero attached hydrogens (tertiary/aromatic N) is 2. The molecule has 0 bridgehead atoms. The van der Waals surface area contributed by atoms with E-state index in [-0.39, 0.29) is 18.6 Å². The second kappa shape index (κ2) is 5.95. The standard InChI is InChI=1S/C12H20N2O4/c1-8(12(2,3)4)5-9-13-14-10(18-9)6-17-7-11(15)16/h8H,5-7H2,1-4H3,(H,15,16). The molecule has 1 heterocycles. The summed E-state index contributed by atoms with van der Waals surface area (Å²) in [5.74, 6) is 0.264. The maximum absolute atomic E-state index is 10.3. The minimum Gasteiger partial charge on any atom is -0.480 e. The van der Waals surface area contributed by atoms with Crippen LogP contribution in [0.1, 0.15) is 39.5 Å². The summed E-state index contributed by atoms with van der Waals surface area (Å²) in [7, 11) is 0.